The highest BCUT2D eigenvalue weighted by atomic mass is 16.2. The SMILES string of the molecule is CCn1ccnc1CN(C)C(=O)C(c1cccc(C)c1)N(C)C. The number of amides is 1. The summed E-state index contributed by atoms with van der Waals surface area (Å²) in [6.45, 7) is 5.48. The van der Waals surface area contributed by atoms with Crippen LogP contribution in [-0.4, -0.2) is 46.4 Å². The summed E-state index contributed by atoms with van der Waals surface area (Å²) < 4.78 is 2.06. The number of hydrogen-bond donors (Lipinski definition) is 0. The van der Waals surface area contributed by atoms with Crippen LogP contribution in [0, 0.1) is 6.92 Å². The van der Waals surface area contributed by atoms with Gasteiger partial charge in [-0.25, -0.2) is 4.98 Å². The molecule has 2 aromatic rings. The first-order valence-corrected chi connectivity index (χ1v) is 7.92. The van der Waals surface area contributed by atoms with E-state index in [-0.39, 0.29) is 11.9 Å². The number of carbonyl (C=O) groups is 1. The second kappa shape index (κ2) is 7.42. The number of nitrogens with zero attached hydrogens (tertiary/aromatic N) is 4. The molecule has 0 N–H and O–H groups in total. The average molecular weight is 314 g/mol. The zero-order chi connectivity index (χ0) is 17.0. The van der Waals surface area contributed by atoms with E-state index < -0.39 is 0 Å². The Morgan fingerprint density at radius 3 is 2.65 bits per heavy atom. The summed E-state index contributed by atoms with van der Waals surface area (Å²) in [4.78, 5) is 21.0. The smallest absolute Gasteiger partial charge is 0.244 e. The monoisotopic (exact) mass is 314 g/mol. The van der Waals surface area contributed by atoms with Crippen LogP contribution < -0.4 is 0 Å². The Balaban J connectivity index is 2.20. The van der Waals surface area contributed by atoms with Crippen LogP contribution in [0.15, 0.2) is 36.7 Å². The molecule has 2 rings (SSSR count). The molecular weight excluding hydrogens is 288 g/mol. The van der Waals surface area contributed by atoms with Gasteiger partial charge in [0.25, 0.3) is 0 Å². The molecule has 0 radical (unpaired) electrons. The molecule has 1 unspecified atom stereocenters. The van der Waals surface area contributed by atoms with Crippen LogP contribution in [0.5, 0.6) is 0 Å². The van der Waals surface area contributed by atoms with E-state index >= 15 is 0 Å². The lowest BCUT2D eigenvalue weighted by atomic mass is 10.0. The van der Waals surface area contributed by atoms with Gasteiger partial charge in [0.05, 0.1) is 6.54 Å². The molecule has 1 aromatic heterocycles. The highest BCUT2D eigenvalue weighted by Gasteiger charge is 2.26. The first-order valence-electron chi connectivity index (χ1n) is 7.92. The number of aryl methyl sites for hydroxylation is 2. The minimum atomic E-state index is -0.287. The maximum absolute atomic E-state index is 13.0. The predicted molar refractivity (Wildman–Crippen MR) is 92.0 cm³/mol. The van der Waals surface area contributed by atoms with Crippen LogP contribution in [0.3, 0.4) is 0 Å². The first-order chi connectivity index (χ1) is 10.9. The highest BCUT2D eigenvalue weighted by Crippen LogP contribution is 2.22. The molecule has 1 heterocycles. The average Bonchev–Trinajstić information content (AvgIpc) is 2.94. The van der Waals surface area contributed by atoms with E-state index in [2.05, 4.69) is 22.5 Å². The third-order valence-corrected chi connectivity index (χ3v) is 4.01. The second-order valence-corrected chi connectivity index (χ2v) is 6.10. The van der Waals surface area contributed by atoms with Gasteiger partial charge in [-0.3, -0.25) is 9.69 Å². The van der Waals surface area contributed by atoms with Gasteiger partial charge in [-0.05, 0) is 33.5 Å². The Morgan fingerprint density at radius 2 is 2.04 bits per heavy atom. The molecule has 0 fully saturated rings. The Kier molecular flexibility index (Phi) is 5.55. The van der Waals surface area contributed by atoms with Crippen molar-refractivity contribution in [3.63, 3.8) is 0 Å². The maximum atomic E-state index is 13.0. The van der Waals surface area contributed by atoms with Gasteiger partial charge in [0.2, 0.25) is 5.91 Å². The molecule has 0 spiro atoms. The van der Waals surface area contributed by atoms with Crippen LogP contribution in [-0.2, 0) is 17.9 Å². The Hall–Kier alpha value is -2.14. The fourth-order valence-corrected chi connectivity index (χ4v) is 2.78. The summed E-state index contributed by atoms with van der Waals surface area (Å²) in [5, 5.41) is 0. The van der Waals surface area contributed by atoms with Crippen molar-refractivity contribution in [1.29, 1.82) is 0 Å². The topological polar surface area (TPSA) is 41.4 Å². The number of likely N-dealkylation sites (N-methyl/N-ethyl adjacent to an activating group) is 2. The lowest BCUT2D eigenvalue weighted by Gasteiger charge is -2.28. The zero-order valence-corrected chi connectivity index (χ0v) is 14.7. The van der Waals surface area contributed by atoms with E-state index in [9.17, 15) is 4.79 Å². The van der Waals surface area contributed by atoms with E-state index in [1.165, 1.54) is 0 Å². The first kappa shape index (κ1) is 17.2. The van der Waals surface area contributed by atoms with Gasteiger partial charge in [-0.2, -0.15) is 0 Å². The number of benzene rings is 1. The van der Waals surface area contributed by atoms with Crippen molar-refractivity contribution >= 4 is 5.91 Å². The van der Waals surface area contributed by atoms with Gasteiger partial charge in [0.15, 0.2) is 0 Å². The van der Waals surface area contributed by atoms with Crippen molar-refractivity contribution in [3.05, 3.63) is 53.6 Å². The normalized spacial score (nSPS) is 12.4. The van der Waals surface area contributed by atoms with Crippen LogP contribution in [0.25, 0.3) is 0 Å². The van der Waals surface area contributed by atoms with Crippen molar-refractivity contribution in [2.24, 2.45) is 0 Å². The highest BCUT2D eigenvalue weighted by molar-refractivity contribution is 5.83. The van der Waals surface area contributed by atoms with Gasteiger partial charge in [-0.1, -0.05) is 29.8 Å². The molecule has 1 aromatic carbocycles. The van der Waals surface area contributed by atoms with E-state index in [1.807, 2.05) is 57.4 Å². The quantitative estimate of drug-likeness (QED) is 0.822. The summed E-state index contributed by atoms with van der Waals surface area (Å²) in [6, 6.07) is 7.84. The van der Waals surface area contributed by atoms with E-state index in [0.29, 0.717) is 6.54 Å². The molecule has 0 saturated heterocycles. The van der Waals surface area contributed by atoms with Gasteiger partial charge in [-0.15, -0.1) is 0 Å². The minimum Gasteiger partial charge on any atom is -0.337 e. The van der Waals surface area contributed by atoms with E-state index in [4.69, 9.17) is 0 Å². The molecule has 23 heavy (non-hydrogen) atoms. The van der Waals surface area contributed by atoms with Crippen LogP contribution in [0.1, 0.15) is 29.9 Å². The summed E-state index contributed by atoms with van der Waals surface area (Å²) >= 11 is 0. The molecule has 5 nitrogen and oxygen atoms in total. The number of carbonyl (C=O) groups excluding carboxylic acids is 1. The predicted octanol–water partition coefficient (Wildman–Crippen LogP) is 2.47. The van der Waals surface area contributed by atoms with Crippen molar-refractivity contribution in [1.82, 2.24) is 19.4 Å². The third-order valence-electron chi connectivity index (χ3n) is 4.01. The van der Waals surface area contributed by atoms with Crippen molar-refractivity contribution in [3.8, 4) is 0 Å². The summed E-state index contributed by atoms with van der Waals surface area (Å²) in [7, 11) is 5.71. The Morgan fingerprint density at radius 1 is 1.30 bits per heavy atom. The fourth-order valence-electron chi connectivity index (χ4n) is 2.78. The number of aromatic nitrogens is 2. The lowest BCUT2D eigenvalue weighted by molar-refractivity contribution is -0.135. The maximum Gasteiger partial charge on any atom is 0.244 e. The molecule has 1 atom stereocenters. The Bertz CT molecular complexity index is 663. The molecular formula is C18H26N4O. The largest absolute Gasteiger partial charge is 0.337 e. The number of imidazole rings is 1. The fraction of sp³-hybridized carbons (Fsp3) is 0.444. The molecule has 0 aliphatic carbocycles. The van der Waals surface area contributed by atoms with Gasteiger partial charge >= 0.3 is 0 Å². The summed E-state index contributed by atoms with van der Waals surface area (Å²) in [5.74, 6) is 0.983. The number of rotatable bonds is 6. The lowest BCUT2D eigenvalue weighted by Crippen LogP contribution is -2.38. The van der Waals surface area contributed by atoms with Crippen molar-refractivity contribution < 1.29 is 4.79 Å². The van der Waals surface area contributed by atoms with E-state index in [1.54, 1.807) is 11.1 Å². The summed E-state index contributed by atoms with van der Waals surface area (Å²) in [5.41, 5.74) is 2.18. The molecule has 0 aliphatic rings. The van der Waals surface area contributed by atoms with E-state index in [0.717, 1.165) is 23.5 Å². The minimum absolute atomic E-state index is 0.0752. The molecule has 0 bridgehead atoms. The summed E-state index contributed by atoms with van der Waals surface area (Å²) in [6.07, 6.45) is 3.72. The molecule has 0 aliphatic heterocycles. The zero-order valence-electron chi connectivity index (χ0n) is 14.7. The van der Waals surface area contributed by atoms with Gasteiger partial charge in [0, 0.05) is 26.0 Å². The molecule has 0 saturated carbocycles. The molecule has 1 amide bonds. The number of hydrogen-bond acceptors (Lipinski definition) is 3. The second-order valence-electron chi connectivity index (χ2n) is 6.10. The molecule has 124 valence electrons. The van der Waals surface area contributed by atoms with Crippen LogP contribution in [0.2, 0.25) is 0 Å². The standard InChI is InChI=1S/C18H26N4O/c1-6-22-11-10-19-16(22)13-21(5)18(23)17(20(3)4)15-9-7-8-14(2)12-15/h7-12,17H,6,13H2,1-5H3. The van der Waals surface area contributed by atoms with Gasteiger partial charge in [0.1, 0.15) is 11.9 Å². The molecule has 5 heteroatoms. The van der Waals surface area contributed by atoms with Crippen LogP contribution >= 0.6 is 0 Å². The van der Waals surface area contributed by atoms with Crippen molar-refractivity contribution in [2.75, 3.05) is 21.1 Å². The van der Waals surface area contributed by atoms with Crippen LogP contribution in [0.4, 0.5) is 0 Å². The van der Waals surface area contributed by atoms with Gasteiger partial charge < -0.3 is 9.47 Å². The third kappa shape index (κ3) is 3.99. The van der Waals surface area contributed by atoms with Crippen molar-refractivity contribution in [2.45, 2.75) is 33.0 Å². The Labute approximate surface area is 138 Å².